The second kappa shape index (κ2) is 6.24. The molecule has 1 aromatic carbocycles. The molecule has 0 spiro atoms. The Morgan fingerprint density at radius 1 is 1.32 bits per heavy atom. The van der Waals surface area contributed by atoms with E-state index in [4.69, 9.17) is 0 Å². The molecule has 1 heterocycles. The molecule has 5 heteroatoms. The Hall–Kier alpha value is -2.01. The minimum Gasteiger partial charge on any atom is -0.266 e. The van der Waals surface area contributed by atoms with Gasteiger partial charge in [0.25, 0.3) is 5.91 Å². The standard InChI is InChI=1S/C14H13FN2OS/c1-2-12(10-5-7-11(15)8-6-10)16-17-14(18)13-4-3-9-19-13/h3-9H,2H2,1H3,(H,17,18)/b16-12+. The van der Waals surface area contributed by atoms with Gasteiger partial charge in [0.2, 0.25) is 0 Å². The van der Waals surface area contributed by atoms with Crippen molar-refractivity contribution in [1.29, 1.82) is 0 Å². The highest BCUT2D eigenvalue weighted by molar-refractivity contribution is 7.12. The molecule has 0 atom stereocenters. The van der Waals surface area contributed by atoms with E-state index in [1.807, 2.05) is 18.4 Å². The van der Waals surface area contributed by atoms with E-state index in [0.29, 0.717) is 17.0 Å². The van der Waals surface area contributed by atoms with Crippen molar-refractivity contribution in [3.8, 4) is 0 Å². The molecule has 98 valence electrons. The lowest BCUT2D eigenvalue weighted by molar-refractivity contribution is 0.0959. The highest BCUT2D eigenvalue weighted by Gasteiger charge is 2.06. The lowest BCUT2D eigenvalue weighted by atomic mass is 10.1. The zero-order valence-electron chi connectivity index (χ0n) is 10.4. The molecule has 19 heavy (non-hydrogen) atoms. The van der Waals surface area contributed by atoms with Gasteiger partial charge < -0.3 is 0 Å². The van der Waals surface area contributed by atoms with Crippen molar-refractivity contribution in [2.75, 3.05) is 0 Å². The smallest absolute Gasteiger partial charge is 0.266 e. The van der Waals surface area contributed by atoms with Crippen LogP contribution in [0, 0.1) is 5.82 Å². The van der Waals surface area contributed by atoms with Gasteiger partial charge in [-0.1, -0.05) is 25.1 Å². The van der Waals surface area contributed by atoms with Crippen molar-refractivity contribution in [2.45, 2.75) is 13.3 Å². The van der Waals surface area contributed by atoms with Crippen molar-refractivity contribution in [2.24, 2.45) is 5.10 Å². The number of rotatable bonds is 4. The molecular weight excluding hydrogens is 263 g/mol. The van der Waals surface area contributed by atoms with Crippen molar-refractivity contribution < 1.29 is 9.18 Å². The van der Waals surface area contributed by atoms with E-state index in [9.17, 15) is 9.18 Å². The van der Waals surface area contributed by atoms with Gasteiger partial charge in [-0.2, -0.15) is 5.10 Å². The van der Waals surface area contributed by atoms with Crippen LogP contribution in [0.15, 0.2) is 46.9 Å². The van der Waals surface area contributed by atoms with Crippen LogP contribution >= 0.6 is 11.3 Å². The lowest BCUT2D eigenvalue weighted by Crippen LogP contribution is -2.18. The molecule has 0 fully saturated rings. The van der Waals surface area contributed by atoms with E-state index in [2.05, 4.69) is 10.5 Å². The van der Waals surface area contributed by atoms with Crippen LogP contribution in [0.2, 0.25) is 0 Å². The van der Waals surface area contributed by atoms with Gasteiger partial charge in [-0.05, 0) is 35.6 Å². The number of carbonyl (C=O) groups is 1. The summed E-state index contributed by atoms with van der Waals surface area (Å²) in [5.74, 6) is -0.523. The van der Waals surface area contributed by atoms with Crippen LogP contribution in [0.1, 0.15) is 28.6 Å². The fourth-order valence-corrected chi connectivity index (χ4v) is 2.18. The minimum absolute atomic E-state index is 0.233. The van der Waals surface area contributed by atoms with E-state index >= 15 is 0 Å². The van der Waals surface area contributed by atoms with Crippen LogP contribution in [0.5, 0.6) is 0 Å². The Morgan fingerprint density at radius 2 is 2.05 bits per heavy atom. The molecule has 0 aliphatic rings. The van der Waals surface area contributed by atoms with Gasteiger partial charge in [0.15, 0.2) is 0 Å². The summed E-state index contributed by atoms with van der Waals surface area (Å²) in [5, 5.41) is 5.93. The predicted molar refractivity (Wildman–Crippen MR) is 75.0 cm³/mol. The van der Waals surface area contributed by atoms with E-state index in [-0.39, 0.29) is 11.7 Å². The van der Waals surface area contributed by atoms with Crippen LogP contribution in [-0.4, -0.2) is 11.6 Å². The number of nitrogens with zero attached hydrogens (tertiary/aromatic N) is 1. The summed E-state index contributed by atoms with van der Waals surface area (Å²) in [4.78, 5) is 12.4. The fraction of sp³-hybridized carbons (Fsp3) is 0.143. The summed E-state index contributed by atoms with van der Waals surface area (Å²) >= 11 is 1.36. The second-order valence-corrected chi connectivity index (χ2v) is 4.78. The minimum atomic E-state index is -0.290. The van der Waals surface area contributed by atoms with Crippen molar-refractivity contribution in [3.05, 3.63) is 58.0 Å². The first-order valence-corrected chi connectivity index (χ1v) is 6.75. The van der Waals surface area contributed by atoms with Crippen molar-refractivity contribution in [1.82, 2.24) is 5.43 Å². The monoisotopic (exact) mass is 276 g/mol. The molecule has 3 nitrogen and oxygen atoms in total. The quantitative estimate of drug-likeness (QED) is 0.674. The van der Waals surface area contributed by atoms with Gasteiger partial charge in [0.1, 0.15) is 5.82 Å². The van der Waals surface area contributed by atoms with Crippen LogP contribution in [0.25, 0.3) is 0 Å². The van der Waals surface area contributed by atoms with Crippen LogP contribution in [0.3, 0.4) is 0 Å². The molecule has 0 aliphatic carbocycles. The second-order valence-electron chi connectivity index (χ2n) is 3.84. The SMILES string of the molecule is CC/C(=N\NC(=O)c1cccs1)c1ccc(F)cc1. The van der Waals surface area contributed by atoms with Gasteiger partial charge in [-0.3, -0.25) is 4.79 Å². The number of hydrogen-bond acceptors (Lipinski definition) is 3. The van der Waals surface area contributed by atoms with Crippen molar-refractivity contribution in [3.63, 3.8) is 0 Å². The molecule has 0 unspecified atom stereocenters. The van der Waals surface area contributed by atoms with Crippen molar-refractivity contribution >= 4 is 23.0 Å². The van der Waals surface area contributed by atoms with Gasteiger partial charge in [0, 0.05) is 0 Å². The normalized spacial score (nSPS) is 11.4. The number of thiophene rings is 1. The fourth-order valence-electron chi connectivity index (χ4n) is 1.57. The number of benzene rings is 1. The highest BCUT2D eigenvalue weighted by atomic mass is 32.1. The molecule has 0 radical (unpaired) electrons. The van der Waals surface area contributed by atoms with E-state index < -0.39 is 0 Å². The summed E-state index contributed by atoms with van der Waals surface area (Å²) in [6.07, 6.45) is 0.649. The van der Waals surface area contributed by atoms with E-state index in [0.717, 1.165) is 5.56 Å². The first kappa shape index (κ1) is 13.4. The van der Waals surface area contributed by atoms with Gasteiger partial charge in [-0.15, -0.1) is 11.3 Å². The molecule has 0 bridgehead atoms. The summed E-state index contributed by atoms with van der Waals surface area (Å²) in [5.41, 5.74) is 4.03. The van der Waals surface area contributed by atoms with E-state index in [1.165, 1.54) is 23.5 Å². The Kier molecular flexibility index (Phi) is 4.41. The van der Waals surface area contributed by atoms with Gasteiger partial charge in [-0.25, -0.2) is 9.82 Å². The predicted octanol–water partition coefficient (Wildman–Crippen LogP) is 3.43. The van der Waals surface area contributed by atoms with Crippen LogP contribution in [-0.2, 0) is 0 Å². The van der Waals surface area contributed by atoms with Crippen LogP contribution < -0.4 is 5.43 Å². The van der Waals surface area contributed by atoms with Gasteiger partial charge in [0.05, 0.1) is 10.6 Å². The molecule has 1 amide bonds. The molecule has 0 saturated carbocycles. The number of hydrazone groups is 1. The third-order valence-corrected chi connectivity index (χ3v) is 3.42. The molecule has 0 saturated heterocycles. The summed E-state index contributed by atoms with van der Waals surface area (Å²) in [6, 6.07) is 9.59. The molecular formula is C14H13FN2OS. The van der Waals surface area contributed by atoms with Gasteiger partial charge >= 0.3 is 0 Å². The molecule has 2 rings (SSSR count). The largest absolute Gasteiger partial charge is 0.281 e. The zero-order valence-corrected chi connectivity index (χ0v) is 11.2. The average Bonchev–Trinajstić information content (AvgIpc) is 2.95. The topological polar surface area (TPSA) is 41.5 Å². The average molecular weight is 276 g/mol. The maximum atomic E-state index is 12.8. The number of carbonyl (C=O) groups excluding carboxylic acids is 1. The van der Waals surface area contributed by atoms with Crippen LogP contribution in [0.4, 0.5) is 4.39 Å². The highest BCUT2D eigenvalue weighted by Crippen LogP contribution is 2.09. The maximum Gasteiger partial charge on any atom is 0.281 e. The molecule has 1 N–H and O–H groups in total. The maximum absolute atomic E-state index is 12.8. The Bertz CT molecular complexity index is 576. The number of hydrogen-bond donors (Lipinski definition) is 1. The lowest BCUT2D eigenvalue weighted by Gasteiger charge is -2.04. The Balaban J connectivity index is 2.11. The molecule has 2 aromatic rings. The summed E-state index contributed by atoms with van der Waals surface area (Å²) < 4.78 is 12.8. The number of nitrogens with one attached hydrogen (secondary N) is 1. The summed E-state index contributed by atoms with van der Waals surface area (Å²) in [7, 11) is 0. The first-order chi connectivity index (χ1) is 9.20. The third kappa shape index (κ3) is 3.48. The molecule has 1 aromatic heterocycles. The first-order valence-electron chi connectivity index (χ1n) is 5.87. The number of halogens is 1. The summed E-state index contributed by atoms with van der Waals surface area (Å²) in [6.45, 7) is 1.93. The Morgan fingerprint density at radius 3 is 2.63 bits per heavy atom. The Labute approximate surface area is 114 Å². The molecule has 0 aliphatic heterocycles. The van der Waals surface area contributed by atoms with E-state index in [1.54, 1.807) is 18.2 Å². The third-order valence-electron chi connectivity index (χ3n) is 2.55. The zero-order chi connectivity index (χ0) is 13.7. The number of amides is 1.